The van der Waals surface area contributed by atoms with Gasteiger partial charge in [-0.05, 0) is 24.1 Å². The lowest BCUT2D eigenvalue weighted by Crippen LogP contribution is -2.39. The molecule has 0 fully saturated rings. The molecule has 0 aliphatic rings. The number of guanidine groups is 1. The number of rotatable bonds is 7. The van der Waals surface area contributed by atoms with E-state index in [4.69, 9.17) is 5.41 Å². The van der Waals surface area contributed by atoms with Gasteiger partial charge in [-0.2, -0.15) is 5.26 Å². The fourth-order valence-corrected chi connectivity index (χ4v) is 2.37. The third kappa shape index (κ3) is 4.91. The van der Waals surface area contributed by atoms with Crippen molar-refractivity contribution in [1.82, 2.24) is 10.3 Å². The molecule has 2 aromatic rings. The van der Waals surface area contributed by atoms with E-state index in [2.05, 4.69) is 15.6 Å². The van der Waals surface area contributed by atoms with Gasteiger partial charge in [0, 0.05) is 6.54 Å². The van der Waals surface area contributed by atoms with E-state index in [-0.39, 0.29) is 18.5 Å². The average Bonchev–Trinajstić information content (AvgIpc) is 2.66. The average molecular weight is 340 g/mol. The van der Waals surface area contributed by atoms with Crippen LogP contribution in [0.15, 0.2) is 48.7 Å². The van der Waals surface area contributed by atoms with Crippen LogP contribution in [-0.2, 0) is 0 Å². The predicted molar refractivity (Wildman–Crippen MR) is 97.1 cm³/mol. The van der Waals surface area contributed by atoms with Crippen molar-refractivity contribution in [2.24, 2.45) is 0 Å². The van der Waals surface area contributed by atoms with Crippen molar-refractivity contribution in [3.8, 4) is 6.19 Å². The van der Waals surface area contributed by atoms with E-state index >= 15 is 0 Å². The molecule has 6 nitrogen and oxygen atoms in total. The van der Waals surface area contributed by atoms with Gasteiger partial charge in [0.1, 0.15) is 12.5 Å². The van der Waals surface area contributed by atoms with Crippen molar-refractivity contribution in [2.75, 3.05) is 23.4 Å². The first-order valence-electron chi connectivity index (χ1n) is 8.05. The van der Waals surface area contributed by atoms with E-state index < -0.39 is 6.67 Å². The largest absolute Gasteiger partial charge is 0.367 e. The molecule has 0 aliphatic carbocycles. The summed E-state index contributed by atoms with van der Waals surface area (Å²) in [5.41, 5.74) is 1.52. The summed E-state index contributed by atoms with van der Waals surface area (Å²) < 4.78 is 12.2. The van der Waals surface area contributed by atoms with Gasteiger partial charge in [0.25, 0.3) is 0 Å². The van der Waals surface area contributed by atoms with Crippen LogP contribution in [0.25, 0.3) is 0 Å². The number of hydrogen-bond donors (Lipinski definition) is 3. The zero-order chi connectivity index (χ0) is 18.1. The summed E-state index contributed by atoms with van der Waals surface area (Å²) in [5.74, 6) is 0.499. The number of nitrogens with one attached hydrogen (secondary N) is 3. The van der Waals surface area contributed by atoms with Gasteiger partial charge in [0.2, 0.25) is 5.96 Å². The van der Waals surface area contributed by atoms with Crippen LogP contribution in [0.5, 0.6) is 0 Å². The van der Waals surface area contributed by atoms with Gasteiger partial charge in [-0.3, -0.25) is 5.41 Å². The molecule has 2 rings (SSSR count). The van der Waals surface area contributed by atoms with Gasteiger partial charge in [-0.15, -0.1) is 0 Å². The Bertz CT molecular complexity index is 711. The van der Waals surface area contributed by atoms with Crippen LogP contribution in [0.3, 0.4) is 0 Å². The van der Waals surface area contributed by atoms with Gasteiger partial charge in [-0.25, -0.2) is 14.3 Å². The Kier molecular flexibility index (Phi) is 6.72. The second kappa shape index (κ2) is 9.23. The molecule has 0 unspecified atom stereocenters. The Morgan fingerprint density at radius 2 is 2.08 bits per heavy atom. The number of benzene rings is 1. The fourth-order valence-electron chi connectivity index (χ4n) is 2.37. The van der Waals surface area contributed by atoms with Crippen molar-refractivity contribution in [2.45, 2.75) is 19.4 Å². The lowest BCUT2D eigenvalue weighted by Gasteiger charge is -2.23. The Labute approximate surface area is 146 Å². The minimum absolute atomic E-state index is 0.0236. The molecule has 1 aromatic carbocycles. The van der Waals surface area contributed by atoms with Gasteiger partial charge >= 0.3 is 0 Å². The maximum absolute atomic E-state index is 12.2. The molecule has 1 heterocycles. The van der Waals surface area contributed by atoms with E-state index in [0.29, 0.717) is 11.5 Å². The fraction of sp³-hybridized carbons (Fsp3) is 0.278. The van der Waals surface area contributed by atoms with E-state index in [1.807, 2.05) is 43.4 Å². The van der Waals surface area contributed by atoms with Crippen molar-refractivity contribution in [3.05, 3.63) is 54.2 Å². The number of nitrogens with zero attached hydrogens (tertiary/aromatic N) is 3. The minimum Gasteiger partial charge on any atom is -0.367 e. The lowest BCUT2D eigenvalue weighted by molar-refractivity contribution is 0.512. The van der Waals surface area contributed by atoms with Gasteiger partial charge < -0.3 is 10.6 Å². The molecular weight excluding hydrogens is 319 g/mol. The molecule has 130 valence electrons. The number of aromatic nitrogens is 1. The zero-order valence-electron chi connectivity index (χ0n) is 14.0. The van der Waals surface area contributed by atoms with E-state index in [1.54, 1.807) is 12.1 Å². The lowest BCUT2D eigenvalue weighted by atomic mass is 10.1. The highest BCUT2D eigenvalue weighted by Gasteiger charge is 2.17. The third-order valence-electron chi connectivity index (χ3n) is 3.65. The number of halogens is 1. The summed E-state index contributed by atoms with van der Waals surface area (Å²) in [6, 6.07) is 13.0. The van der Waals surface area contributed by atoms with Crippen molar-refractivity contribution in [3.63, 3.8) is 0 Å². The van der Waals surface area contributed by atoms with E-state index in [9.17, 15) is 9.65 Å². The predicted octanol–water partition coefficient (Wildman–Crippen LogP) is 3.43. The SMILES string of the molecule is CC[C@@H](NC(=N)N(C#N)c1ccc(NCCF)nc1)c1ccccc1. The summed E-state index contributed by atoms with van der Waals surface area (Å²) in [4.78, 5) is 5.29. The number of alkyl halides is 1. The molecule has 3 N–H and O–H groups in total. The van der Waals surface area contributed by atoms with E-state index in [0.717, 1.165) is 16.9 Å². The minimum atomic E-state index is -0.486. The first kappa shape index (κ1) is 18.2. The smallest absolute Gasteiger partial charge is 0.209 e. The van der Waals surface area contributed by atoms with Crippen LogP contribution in [0.2, 0.25) is 0 Å². The molecule has 1 aromatic heterocycles. The highest BCUT2D eigenvalue weighted by atomic mass is 19.1. The Balaban J connectivity index is 2.09. The summed E-state index contributed by atoms with van der Waals surface area (Å²) in [5, 5.41) is 23.5. The summed E-state index contributed by atoms with van der Waals surface area (Å²) in [6.45, 7) is 1.71. The molecule has 0 radical (unpaired) electrons. The van der Waals surface area contributed by atoms with Gasteiger partial charge in [-0.1, -0.05) is 37.3 Å². The molecule has 0 bridgehead atoms. The highest BCUT2D eigenvalue weighted by molar-refractivity contribution is 5.96. The molecule has 25 heavy (non-hydrogen) atoms. The van der Waals surface area contributed by atoms with Crippen LogP contribution < -0.4 is 15.5 Å². The van der Waals surface area contributed by atoms with E-state index in [1.165, 1.54) is 6.20 Å². The van der Waals surface area contributed by atoms with Crippen LogP contribution in [0.4, 0.5) is 15.9 Å². The summed E-state index contributed by atoms with van der Waals surface area (Å²) >= 11 is 0. The van der Waals surface area contributed by atoms with Crippen LogP contribution in [0, 0.1) is 16.9 Å². The standard InChI is InChI=1S/C18H21FN6/c1-2-16(14-6-4-3-5-7-14)24-18(21)25(13-20)15-8-9-17(23-12-15)22-11-10-19/h3-9,12,16H,2,10-11H2,1H3,(H2,21,24)(H,22,23)/t16-/m1/s1. The maximum atomic E-state index is 12.2. The molecule has 0 amide bonds. The summed E-state index contributed by atoms with van der Waals surface area (Å²) in [6.07, 6.45) is 4.24. The van der Waals surface area contributed by atoms with Crippen LogP contribution >= 0.6 is 0 Å². The normalized spacial score (nSPS) is 11.2. The van der Waals surface area contributed by atoms with Crippen molar-refractivity contribution >= 4 is 17.5 Å². The van der Waals surface area contributed by atoms with Gasteiger partial charge in [0.15, 0.2) is 6.19 Å². The number of anilines is 2. The van der Waals surface area contributed by atoms with Crippen LogP contribution in [0.1, 0.15) is 24.9 Å². The Hall–Kier alpha value is -3.14. The van der Waals surface area contributed by atoms with Crippen molar-refractivity contribution < 1.29 is 4.39 Å². The topological polar surface area (TPSA) is 87.8 Å². The van der Waals surface area contributed by atoms with Gasteiger partial charge in [0.05, 0.1) is 17.9 Å². The molecule has 0 spiro atoms. The molecule has 0 saturated carbocycles. The Morgan fingerprint density at radius 3 is 2.64 bits per heavy atom. The second-order valence-electron chi connectivity index (χ2n) is 5.32. The summed E-state index contributed by atoms with van der Waals surface area (Å²) in [7, 11) is 0. The number of nitriles is 1. The van der Waals surface area contributed by atoms with Crippen molar-refractivity contribution in [1.29, 1.82) is 10.7 Å². The second-order valence-corrected chi connectivity index (χ2v) is 5.32. The molecular formula is C18H21FN6. The molecule has 0 saturated heterocycles. The maximum Gasteiger partial charge on any atom is 0.209 e. The monoisotopic (exact) mass is 340 g/mol. The third-order valence-corrected chi connectivity index (χ3v) is 3.65. The highest BCUT2D eigenvalue weighted by Crippen LogP contribution is 2.18. The number of pyridine rings is 1. The first-order chi connectivity index (χ1) is 12.2. The molecule has 1 atom stereocenters. The zero-order valence-corrected chi connectivity index (χ0v) is 14.0. The Morgan fingerprint density at radius 1 is 1.32 bits per heavy atom. The first-order valence-corrected chi connectivity index (χ1v) is 8.05. The molecule has 7 heteroatoms. The number of hydrogen-bond acceptors (Lipinski definition) is 4. The quantitative estimate of drug-likeness (QED) is 0.311. The van der Waals surface area contributed by atoms with Crippen LogP contribution in [-0.4, -0.2) is 24.2 Å². The molecule has 0 aliphatic heterocycles.